The number of esters is 2. The molecular weight excluding hydrogens is 388 g/mol. The van der Waals surface area contributed by atoms with Crippen molar-refractivity contribution < 1.29 is 28.6 Å². The summed E-state index contributed by atoms with van der Waals surface area (Å²) >= 11 is 0. The van der Waals surface area contributed by atoms with Crippen molar-refractivity contribution in [1.82, 2.24) is 4.98 Å². The maximum absolute atomic E-state index is 13.1. The van der Waals surface area contributed by atoms with E-state index in [-0.39, 0.29) is 28.7 Å². The lowest BCUT2D eigenvalue weighted by molar-refractivity contribution is -0.134. The number of carbonyl (C=O) groups is 3. The number of benzene rings is 2. The van der Waals surface area contributed by atoms with Crippen LogP contribution in [0.25, 0.3) is 0 Å². The van der Waals surface area contributed by atoms with Crippen molar-refractivity contribution in [2.24, 2.45) is 0 Å². The predicted molar refractivity (Wildman–Crippen MR) is 108 cm³/mol. The van der Waals surface area contributed by atoms with Gasteiger partial charge in [0.2, 0.25) is 5.88 Å². The van der Waals surface area contributed by atoms with E-state index in [2.05, 4.69) is 10.3 Å². The molecule has 0 aliphatic heterocycles. The van der Waals surface area contributed by atoms with E-state index >= 15 is 0 Å². The first-order chi connectivity index (χ1) is 14.4. The highest BCUT2D eigenvalue weighted by molar-refractivity contribution is 6.09. The number of amides is 1. The highest BCUT2D eigenvalue weighted by Crippen LogP contribution is 2.40. The van der Waals surface area contributed by atoms with Gasteiger partial charge in [-0.2, -0.15) is 0 Å². The SMILES string of the molecule is CC(=O)Oc1ccc(Oc2ccccn2)c(C(=O)Nc2ccccc2)c1OC(C)=O. The minimum absolute atomic E-state index is 0.0642. The molecule has 0 spiro atoms. The van der Waals surface area contributed by atoms with E-state index in [9.17, 15) is 14.4 Å². The van der Waals surface area contributed by atoms with Gasteiger partial charge in [0.25, 0.3) is 5.91 Å². The maximum atomic E-state index is 13.1. The summed E-state index contributed by atoms with van der Waals surface area (Å²) in [6.45, 7) is 2.36. The van der Waals surface area contributed by atoms with Crippen LogP contribution in [0.15, 0.2) is 66.9 Å². The Hall–Kier alpha value is -4.20. The molecule has 0 atom stereocenters. The van der Waals surface area contributed by atoms with Gasteiger partial charge in [-0.05, 0) is 30.3 Å². The van der Waals surface area contributed by atoms with Gasteiger partial charge >= 0.3 is 11.9 Å². The summed E-state index contributed by atoms with van der Waals surface area (Å²) in [7, 11) is 0. The van der Waals surface area contributed by atoms with Crippen LogP contribution in [0.3, 0.4) is 0 Å². The number of aromatic nitrogens is 1. The number of hydrogen-bond donors (Lipinski definition) is 1. The quantitative estimate of drug-likeness (QED) is 0.488. The molecule has 152 valence electrons. The standard InChI is InChI=1S/C22H18N2O6/c1-14(25)28-18-12-11-17(30-19-10-6-7-13-23-19)20(21(18)29-15(2)26)22(27)24-16-8-4-3-5-9-16/h3-13H,1-2H3,(H,24,27). The van der Waals surface area contributed by atoms with Crippen molar-refractivity contribution in [1.29, 1.82) is 0 Å². The van der Waals surface area contributed by atoms with E-state index in [1.165, 1.54) is 32.2 Å². The Kier molecular flexibility index (Phi) is 6.39. The fourth-order valence-electron chi connectivity index (χ4n) is 2.56. The molecule has 0 bridgehead atoms. The molecule has 1 aromatic heterocycles. The predicted octanol–water partition coefficient (Wildman–Crippen LogP) is 3.98. The van der Waals surface area contributed by atoms with Crippen LogP contribution in [-0.4, -0.2) is 22.8 Å². The number of nitrogens with one attached hydrogen (secondary N) is 1. The molecule has 8 nitrogen and oxygen atoms in total. The van der Waals surface area contributed by atoms with E-state index in [1.807, 2.05) is 0 Å². The molecule has 8 heteroatoms. The summed E-state index contributed by atoms with van der Waals surface area (Å²) in [4.78, 5) is 40.4. The van der Waals surface area contributed by atoms with Crippen LogP contribution < -0.4 is 19.5 Å². The van der Waals surface area contributed by atoms with Crippen molar-refractivity contribution in [2.45, 2.75) is 13.8 Å². The molecule has 0 fully saturated rings. The van der Waals surface area contributed by atoms with Gasteiger partial charge in [-0.3, -0.25) is 14.4 Å². The highest BCUT2D eigenvalue weighted by atomic mass is 16.6. The molecule has 0 aliphatic carbocycles. The number of nitrogens with zero attached hydrogens (tertiary/aromatic N) is 1. The molecule has 0 radical (unpaired) electrons. The highest BCUT2D eigenvalue weighted by Gasteiger charge is 2.26. The summed E-state index contributed by atoms with van der Waals surface area (Å²) in [6, 6.07) is 16.5. The summed E-state index contributed by atoms with van der Waals surface area (Å²) < 4.78 is 16.1. The number of ether oxygens (including phenoxy) is 3. The topological polar surface area (TPSA) is 104 Å². The van der Waals surface area contributed by atoms with E-state index in [0.29, 0.717) is 5.69 Å². The number of carbonyl (C=O) groups excluding carboxylic acids is 3. The second kappa shape index (κ2) is 9.33. The Morgan fingerprint density at radius 3 is 2.10 bits per heavy atom. The van der Waals surface area contributed by atoms with Gasteiger partial charge in [-0.25, -0.2) is 4.98 Å². The lowest BCUT2D eigenvalue weighted by atomic mass is 10.1. The van der Waals surface area contributed by atoms with Crippen molar-refractivity contribution in [2.75, 3.05) is 5.32 Å². The fraction of sp³-hybridized carbons (Fsp3) is 0.0909. The minimum atomic E-state index is -0.702. The first-order valence-corrected chi connectivity index (χ1v) is 8.93. The average molecular weight is 406 g/mol. The summed E-state index contributed by atoms with van der Waals surface area (Å²) in [6.07, 6.45) is 1.53. The molecule has 0 aliphatic rings. The smallest absolute Gasteiger partial charge is 0.308 e. The van der Waals surface area contributed by atoms with Gasteiger partial charge in [0.05, 0.1) is 0 Å². The number of rotatable bonds is 6. The normalized spacial score (nSPS) is 10.1. The van der Waals surface area contributed by atoms with Gasteiger partial charge < -0.3 is 19.5 Å². The summed E-state index contributed by atoms with van der Waals surface area (Å²) in [5.74, 6) is -2.01. The minimum Gasteiger partial charge on any atom is -0.438 e. The molecular formula is C22H18N2O6. The van der Waals surface area contributed by atoms with E-state index < -0.39 is 17.8 Å². The van der Waals surface area contributed by atoms with Crippen LogP contribution in [0.1, 0.15) is 24.2 Å². The third kappa shape index (κ3) is 5.20. The van der Waals surface area contributed by atoms with Gasteiger partial charge in [0.15, 0.2) is 11.5 Å². The Morgan fingerprint density at radius 1 is 0.800 bits per heavy atom. The third-order valence-electron chi connectivity index (χ3n) is 3.69. The third-order valence-corrected chi connectivity index (χ3v) is 3.69. The molecule has 1 N–H and O–H groups in total. The fourth-order valence-corrected chi connectivity index (χ4v) is 2.56. The first-order valence-electron chi connectivity index (χ1n) is 8.93. The molecule has 1 heterocycles. The Balaban J connectivity index is 2.11. The number of pyridine rings is 1. The lowest BCUT2D eigenvalue weighted by Crippen LogP contribution is -2.17. The summed E-state index contributed by atoms with van der Waals surface area (Å²) in [5.41, 5.74) is 0.386. The van der Waals surface area contributed by atoms with Crippen LogP contribution in [0.4, 0.5) is 5.69 Å². The molecule has 1 amide bonds. The second-order valence-electron chi connectivity index (χ2n) is 6.04. The molecule has 0 unspecified atom stereocenters. The van der Waals surface area contributed by atoms with Crippen LogP contribution >= 0.6 is 0 Å². The molecule has 2 aromatic carbocycles. The van der Waals surface area contributed by atoms with Crippen LogP contribution in [-0.2, 0) is 9.59 Å². The number of hydrogen-bond acceptors (Lipinski definition) is 7. The Bertz CT molecular complexity index is 1070. The van der Waals surface area contributed by atoms with Crippen LogP contribution in [0.2, 0.25) is 0 Å². The molecule has 0 saturated heterocycles. The number of para-hydroxylation sites is 1. The Labute approximate surface area is 172 Å². The first kappa shape index (κ1) is 20.5. The van der Waals surface area contributed by atoms with E-state index in [0.717, 1.165) is 0 Å². The van der Waals surface area contributed by atoms with Gasteiger partial charge in [0.1, 0.15) is 11.3 Å². The van der Waals surface area contributed by atoms with Gasteiger partial charge in [-0.15, -0.1) is 0 Å². The zero-order valence-electron chi connectivity index (χ0n) is 16.2. The van der Waals surface area contributed by atoms with Crippen molar-refractivity contribution >= 4 is 23.5 Å². The van der Waals surface area contributed by atoms with Gasteiger partial charge in [-0.1, -0.05) is 24.3 Å². The summed E-state index contributed by atoms with van der Waals surface area (Å²) in [5, 5.41) is 2.71. The molecule has 3 rings (SSSR count). The van der Waals surface area contributed by atoms with Crippen molar-refractivity contribution in [3.8, 4) is 23.1 Å². The lowest BCUT2D eigenvalue weighted by Gasteiger charge is -2.17. The molecule has 30 heavy (non-hydrogen) atoms. The molecule has 3 aromatic rings. The zero-order chi connectivity index (χ0) is 21.5. The van der Waals surface area contributed by atoms with E-state index in [4.69, 9.17) is 14.2 Å². The van der Waals surface area contributed by atoms with Crippen LogP contribution in [0.5, 0.6) is 23.1 Å². The number of anilines is 1. The zero-order valence-corrected chi connectivity index (χ0v) is 16.2. The van der Waals surface area contributed by atoms with Crippen molar-refractivity contribution in [3.05, 3.63) is 72.4 Å². The largest absolute Gasteiger partial charge is 0.438 e. The van der Waals surface area contributed by atoms with Crippen LogP contribution in [0, 0.1) is 0 Å². The molecule has 0 saturated carbocycles. The monoisotopic (exact) mass is 406 g/mol. The Morgan fingerprint density at radius 2 is 1.47 bits per heavy atom. The maximum Gasteiger partial charge on any atom is 0.308 e. The average Bonchev–Trinajstić information content (AvgIpc) is 2.71. The van der Waals surface area contributed by atoms with Crippen molar-refractivity contribution in [3.63, 3.8) is 0 Å². The van der Waals surface area contributed by atoms with Gasteiger partial charge in [0, 0.05) is 31.8 Å². The van der Waals surface area contributed by atoms with E-state index in [1.54, 1.807) is 48.5 Å². The second-order valence-corrected chi connectivity index (χ2v) is 6.04.